The molecule has 0 saturated carbocycles. The average molecular weight is 532 g/mol. The zero-order valence-corrected chi connectivity index (χ0v) is 21.6. The Labute approximate surface area is 220 Å². The molecule has 0 aromatic heterocycles. The first kappa shape index (κ1) is 26.3. The Morgan fingerprint density at radius 2 is 1.68 bits per heavy atom. The number of carbonyl (C=O) groups excluding carboxylic acids is 2. The number of halogens is 3. The standard InChI is InChI=1S/C28H32F3N3O4/c1-32-24(9-10-25(32)27(36)37-2)26(35)34-14-11-19-16-20(6-8-22(19)34)38-17-18-5-7-23(33-12-3-4-13-33)21(15-18)28(29,30)31/h5-8,15-16,24-25H,3-4,9-14,17H2,1-2H3/t24-,25-/m0/s1. The third kappa shape index (κ3) is 5.06. The van der Waals surface area contributed by atoms with E-state index in [1.165, 1.54) is 13.2 Å². The molecule has 10 heteroatoms. The van der Waals surface area contributed by atoms with Crippen molar-refractivity contribution in [2.24, 2.45) is 0 Å². The number of nitrogens with zero attached hydrogens (tertiary/aromatic N) is 3. The van der Waals surface area contributed by atoms with Crippen molar-refractivity contribution in [2.45, 2.75) is 57.0 Å². The van der Waals surface area contributed by atoms with Crippen molar-refractivity contribution < 1.29 is 32.2 Å². The number of carbonyl (C=O) groups is 2. The predicted molar refractivity (Wildman–Crippen MR) is 136 cm³/mol. The largest absolute Gasteiger partial charge is 0.489 e. The Bertz CT molecular complexity index is 1210. The fourth-order valence-electron chi connectivity index (χ4n) is 5.84. The highest BCUT2D eigenvalue weighted by Crippen LogP contribution is 2.39. The number of amides is 1. The van der Waals surface area contributed by atoms with E-state index in [9.17, 15) is 22.8 Å². The molecule has 0 radical (unpaired) electrons. The fourth-order valence-corrected chi connectivity index (χ4v) is 5.84. The summed E-state index contributed by atoms with van der Waals surface area (Å²) in [6, 6.07) is 9.01. The molecule has 0 bridgehead atoms. The first-order valence-electron chi connectivity index (χ1n) is 13.0. The number of fused-ring (bicyclic) bond motifs is 1. The maximum Gasteiger partial charge on any atom is 0.418 e. The molecule has 3 aliphatic heterocycles. The number of ether oxygens (including phenoxy) is 2. The lowest BCUT2D eigenvalue weighted by Gasteiger charge is -2.27. The third-order valence-electron chi connectivity index (χ3n) is 7.89. The van der Waals surface area contributed by atoms with E-state index >= 15 is 0 Å². The van der Waals surface area contributed by atoms with Crippen molar-refractivity contribution in [3.05, 3.63) is 53.1 Å². The summed E-state index contributed by atoms with van der Waals surface area (Å²) in [6.45, 7) is 1.80. The third-order valence-corrected chi connectivity index (χ3v) is 7.89. The molecule has 2 fully saturated rings. The van der Waals surface area contributed by atoms with Gasteiger partial charge in [-0.3, -0.25) is 14.5 Å². The van der Waals surface area contributed by atoms with E-state index in [0.717, 1.165) is 24.1 Å². The van der Waals surface area contributed by atoms with Crippen LogP contribution in [-0.4, -0.2) is 62.7 Å². The second-order valence-corrected chi connectivity index (χ2v) is 10.2. The van der Waals surface area contributed by atoms with Crippen LogP contribution in [0.15, 0.2) is 36.4 Å². The number of hydrogen-bond donors (Lipinski definition) is 0. The van der Waals surface area contributed by atoms with Crippen LogP contribution in [0.1, 0.15) is 42.4 Å². The SMILES string of the molecule is COC(=O)[C@@H]1CC[C@@H](C(=O)N2CCc3cc(OCc4ccc(N5CCCC5)c(C(F)(F)F)c4)ccc32)N1C. The number of hydrogen-bond acceptors (Lipinski definition) is 6. The Kier molecular flexibility index (Phi) is 7.26. The lowest BCUT2D eigenvalue weighted by Crippen LogP contribution is -2.47. The summed E-state index contributed by atoms with van der Waals surface area (Å²) in [5.41, 5.74) is 1.79. The molecule has 2 aromatic rings. The number of benzene rings is 2. The van der Waals surface area contributed by atoms with E-state index in [4.69, 9.17) is 9.47 Å². The number of alkyl halides is 3. The molecule has 38 heavy (non-hydrogen) atoms. The normalized spacial score (nSPS) is 21.6. The smallest absolute Gasteiger partial charge is 0.418 e. The maximum absolute atomic E-state index is 13.8. The van der Waals surface area contributed by atoms with Crippen LogP contribution < -0.4 is 14.5 Å². The zero-order valence-electron chi connectivity index (χ0n) is 21.6. The summed E-state index contributed by atoms with van der Waals surface area (Å²) >= 11 is 0. The van der Waals surface area contributed by atoms with Gasteiger partial charge in [0.1, 0.15) is 18.4 Å². The molecule has 1 amide bonds. The molecule has 3 heterocycles. The van der Waals surface area contributed by atoms with Crippen LogP contribution in [0, 0.1) is 0 Å². The molecule has 2 atom stereocenters. The van der Waals surface area contributed by atoms with Crippen LogP contribution in [0.2, 0.25) is 0 Å². The summed E-state index contributed by atoms with van der Waals surface area (Å²) in [5.74, 6) is 0.155. The Morgan fingerprint density at radius 1 is 0.974 bits per heavy atom. The van der Waals surface area contributed by atoms with Gasteiger partial charge in [-0.15, -0.1) is 0 Å². The number of rotatable bonds is 6. The van der Waals surface area contributed by atoms with E-state index in [1.54, 1.807) is 39.9 Å². The summed E-state index contributed by atoms with van der Waals surface area (Å²) in [5, 5.41) is 0. The van der Waals surface area contributed by atoms with E-state index in [0.29, 0.717) is 50.2 Å². The Balaban J connectivity index is 1.26. The van der Waals surface area contributed by atoms with Crippen molar-refractivity contribution in [3.63, 3.8) is 0 Å². The minimum atomic E-state index is -4.44. The molecular weight excluding hydrogens is 499 g/mol. The monoisotopic (exact) mass is 531 g/mol. The first-order chi connectivity index (χ1) is 18.2. The Morgan fingerprint density at radius 3 is 2.39 bits per heavy atom. The minimum Gasteiger partial charge on any atom is -0.489 e. The summed E-state index contributed by atoms with van der Waals surface area (Å²) < 4.78 is 52.1. The topological polar surface area (TPSA) is 62.3 Å². The van der Waals surface area contributed by atoms with Crippen molar-refractivity contribution in [1.82, 2.24) is 4.90 Å². The number of likely N-dealkylation sites (N-methyl/N-ethyl adjacent to an activating group) is 1. The number of likely N-dealkylation sites (tertiary alicyclic amines) is 1. The highest BCUT2D eigenvalue weighted by molar-refractivity contribution is 5.99. The summed E-state index contributed by atoms with van der Waals surface area (Å²) in [7, 11) is 3.12. The maximum atomic E-state index is 13.8. The molecule has 0 unspecified atom stereocenters. The highest BCUT2D eigenvalue weighted by Gasteiger charge is 2.42. The molecule has 0 aliphatic carbocycles. The van der Waals surface area contributed by atoms with Gasteiger partial charge in [0, 0.05) is 31.0 Å². The molecule has 5 rings (SSSR count). The lowest BCUT2D eigenvalue weighted by atomic mass is 10.1. The molecule has 2 aromatic carbocycles. The van der Waals surface area contributed by atoms with Gasteiger partial charge in [0.2, 0.25) is 5.91 Å². The van der Waals surface area contributed by atoms with E-state index in [-0.39, 0.29) is 24.2 Å². The van der Waals surface area contributed by atoms with Crippen molar-refractivity contribution >= 4 is 23.3 Å². The van der Waals surface area contributed by atoms with Crippen molar-refractivity contribution in [2.75, 3.05) is 43.6 Å². The van der Waals surface area contributed by atoms with Crippen LogP contribution in [0.25, 0.3) is 0 Å². The van der Waals surface area contributed by atoms with Crippen LogP contribution in [0.4, 0.5) is 24.5 Å². The first-order valence-corrected chi connectivity index (χ1v) is 13.0. The van der Waals surface area contributed by atoms with Crippen LogP contribution in [0.5, 0.6) is 5.75 Å². The summed E-state index contributed by atoms with van der Waals surface area (Å²) in [4.78, 5) is 30.6. The number of methoxy groups -OCH3 is 1. The molecule has 0 N–H and O–H groups in total. The van der Waals surface area contributed by atoms with Gasteiger partial charge in [-0.25, -0.2) is 0 Å². The van der Waals surface area contributed by atoms with Crippen LogP contribution in [-0.2, 0) is 33.5 Å². The lowest BCUT2D eigenvalue weighted by molar-refractivity contribution is -0.146. The molecule has 2 saturated heterocycles. The Hall–Kier alpha value is -3.27. The van der Waals surface area contributed by atoms with Gasteiger partial charge in [-0.1, -0.05) is 6.07 Å². The fraction of sp³-hybridized carbons (Fsp3) is 0.500. The van der Waals surface area contributed by atoms with Gasteiger partial charge in [0.05, 0.1) is 18.7 Å². The molecule has 3 aliphatic rings. The predicted octanol–water partition coefficient (Wildman–Crippen LogP) is 4.41. The van der Waals surface area contributed by atoms with Crippen molar-refractivity contribution in [3.8, 4) is 5.75 Å². The highest BCUT2D eigenvalue weighted by atomic mass is 19.4. The molecule has 7 nitrogen and oxygen atoms in total. The molecule has 0 spiro atoms. The van der Waals surface area contributed by atoms with E-state index in [1.807, 2.05) is 12.1 Å². The average Bonchev–Trinajstić information content (AvgIpc) is 3.66. The van der Waals surface area contributed by atoms with E-state index < -0.39 is 23.8 Å². The minimum absolute atomic E-state index is 0.00652. The number of esters is 1. The summed E-state index contributed by atoms with van der Waals surface area (Å²) in [6.07, 6.45) is -0.843. The molecule has 204 valence electrons. The molecular formula is C28H32F3N3O4. The van der Waals surface area contributed by atoms with Gasteiger partial charge in [0.15, 0.2) is 0 Å². The van der Waals surface area contributed by atoms with E-state index in [2.05, 4.69) is 0 Å². The van der Waals surface area contributed by atoms with Gasteiger partial charge < -0.3 is 19.3 Å². The zero-order chi connectivity index (χ0) is 27.0. The quantitative estimate of drug-likeness (QED) is 0.515. The number of anilines is 2. The second kappa shape index (κ2) is 10.5. The van der Waals surface area contributed by atoms with Crippen molar-refractivity contribution in [1.29, 1.82) is 0 Å². The van der Waals surface area contributed by atoms with Gasteiger partial charge in [-0.05, 0) is 80.6 Å². The van der Waals surface area contributed by atoms with Gasteiger partial charge in [0.25, 0.3) is 0 Å². The van der Waals surface area contributed by atoms with Crippen LogP contribution >= 0.6 is 0 Å². The van der Waals surface area contributed by atoms with Crippen LogP contribution in [0.3, 0.4) is 0 Å². The van der Waals surface area contributed by atoms with Gasteiger partial charge in [-0.2, -0.15) is 13.2 Å². The van der Waals surface area contributed by atoms with Gasteiger partial charge >= 0.3 is 12.1 Å². The second-order valence-electron chi connectivity index (χ2n) is 10.2.